The SMILES string of the molecule is CCOc1ccccc1NC(=O)C(C)OCC(C)(C)N1C(=O)c2ccccc2C1=O. The van der Waals surface area contributed by atoms with Gasteiger partial charge in [-0.25, -0.2) is 0 Å². The molecule has 7 nitrogen and oxygen atoms in total. The predicted molar refractivity (Wildman–Crippen MR) is 113 cm³/mol. The lowest BCUT2D eigenvalue weighted by Crippen LogP contribution is -2.51. The largest absolute Gasteiger partial charge is 0.492 e. The Morgan fingerprint density at radius 2 is 1.60 bits per heavy atom. The van der Waals surface area contributed by atoms with Gasteiger partial charge in [0.1, 0.15) is 11.9 Å². The van der Waals surface area contributed by atoms with Crippen molar-refractivity contribution in [3.8, 4) is 5.75 Å². The zero-order chi connectivity index (χ0) is 21.9. The number of amides is 3. The van der Waals surface area contributed by atoms with Crippen molar-refractivity contribution in [2.75, 3.05) is 18.5 Å². The van der Waals surface area contributed by atoms with Crippen molar-refractivity contribution in [3.63, 3.8) is 0 Å². The van der Waals surface area contributed by atoms with Gasteiger partial charge in [0.05, 0.1) is 35.6 Å². The van der Waals surface area contributed by atoms with E-state index < -0.39 is 11.6 Å². The highest BCUT2D eigenvalue weighted by Crippen LogP contribution is 2.30. The molecule has 2 aromatic carbocycles. The van der Waals surface area contributed by atoms with Gasteiger partial charge in [-0.1, -0.05) is 24.3 Å². The second kappa shape index (κ2) is 8.67. The summed E-state index contributed by atoms with van der Waals surface area (Å²) >= 11 is 0. The van der Waals surface area contributed by atoms with Crippen LogP contribution in [-0.2, 0) is 9.53 Å². The number of carbonyl (C=O) groups excluding carboxylic acids is 3. The molecule has 1 unspecified atom stereocenters. The fourth-order valence-corrected chi connectivity index (χ4v) is 3.29. The van der Waals surface area contributed by atoms with E-state index in [1.54, 1.807) is 63.2 Å². The van der Waals surface area contributed by atoms with Crippen LogP contribution in [0.4, 0.5) is 5.69 Å². The number of benzene rings is 2. The molecule has 1 N–H and O–H groups in total. The van der Waals surface area contributed by atoms with Crippen molar-refractivity contribution in [1.29, 1.82) is 0 Å². The normalized spacial score (nSPS) is 14.5. The molecule has 30 heavy (non-hydrogen) atoms. The zero-order valence-corrected chi connectivity index (χ0v) is 17.6. The summed E-state index contributed by atoms with van der Waals surface area (Å²) < 4.78 is 11.3. The van der Waals surface area contributed by atoms with E-state index in [-0.39, 0.29) is 24.3 Å². The van der Waals surface area contributed by atoms with E-state index >= 15 is 0 Å². The molecule has 0 aliphatic carbocycles. The van der Waals surface area contributed by atoms with Crippen molar-refractivity contribution in [1.82, 2.24) is 4.90 Å². The molecule has 0 aromatic heterocycles. The van der Waals surface area contributed by atoms with Crippen LogP contribution in [0.15, 0.2) is 48.5 Å². The number of imide groups is 1. The van der Waals surface area contributed by atoms with E-state index in [1.807, 2.05) is 13.0 Å². The number of carbonyl (C=O) groups is 3. The van der Waals surface area contributed by atoms with Gasteiger partial charge in [-0.05, 0) is 52.0 Å². The van der Waals surface area contributed by atoms with Crippen LogP contribution >= 0.6 is 0 Å². The van der Waals surface area contributed by atoms with Gasteiger partial charge in [0.2, 0.25) is 0 Å². The Bertz CT molecular complexity index is 935. The molecule has 1 aliphatic heterocycles. The highest BCUT2D eigenvalue weighted by molar-refractivity contribution is 6.21. The average Bonchev–Trinajstić information content (AvgIpc) is 2.99. The molecule has 2 aromatic rings. The Hall–Kier alpha value is -3.19. The van der Waals surface area contributed by atoms with Crippen molar-refractivity contribution in [3.05, 3.63) is 59.7 Å². The number of nitrogens with one attached hydrogen (secondary N) is 1. The molecular weight excluding hydrogens is 384 g/mol. The van der Waals surface area contributed by atoms with Gasteiger partial charge < -0.3 is 14.8 Å². The summed E-state index contributed by atoms with van der Waals surface area (Å²) in [4.78, 5) is 39.2. The number of anilines is 1. The Morgan fingerprint density at radius 3 is 2.20 bits per heavy atom. The highest BCUT2D eigenvalue weighted by Gasteiger charge is 2.44. The van der Waals surface area contributed by atoms with E-state index in [9.17, 15) is 14.4 Å². The quantitative estimate of drug-likeness (QED) is 0.673. The van der Waals surface area contributed by atoms with Gasteiger partial charge in [-0.15, -0.1) is 0 Å². The summed E-state index contributed by atoms with van der Waals surface area (Å²) in [6, 6.07) is 13.9. The minimum Gasteiger partial charge on any atom is -0.492 e. The van der Waals surface area contributed by atoms with Gasteiger partial charge in [-0.3, -0.25) is 19.3 Å². The summed E-state index contributed by atoms with van der Waals surface area (Å²) in [6.45, 7) is 7.46. The van der Waals surface area contributed by atoms with Crippen LogP contribution in [0.25, 0.3) is 0 Å². The molecule has 158 valence electrons. The fraction of sp³-hybridized carbons (Fsp3) is 0.348. The van der Waals surface area contributed by atoms with Crippen LogP contribution in [0.2, 0.25) is 0 Å². The molecule has 1 aliphatic rings. The molecule has 0 radical (unpaired) electrons. The molecule has 0 bridgehead atoms. The first-order chi connectivity index (χ1) is 14.3. The van der Waals surface area contributed by atoms with Crippen LogP contribution in [-0.4, -0.2) is 47.5 Å². The fourth-order valence-electron chi connectivity index (χ4n) is 3.29. The van der Waals surface area contributed by atoms with E-state index in [0.29, 0.717) is 29.2 Å². The highest BCUT2D eigenvalue weighted by atomic mass is 16.5. The Kier molecular flexibility index (Phi) is 6.22. The van der Waals surface area contributed by atoms with Crippen LogP contribution in [0.3, 0.4) is 0 Å². The average molecular weight is 410 g/mol. The smallest absolute Gasteiger partial charge is 0.262 e. The van der Waals surface area contributed by atoms with E-state index in [2.05, 4.69) is 5.32 Å². The molecule has 0 saturated carbocycles. The summed E-state index contributed by atoms with van der Waals surface area (Å²) in [7, 11) is 0. The number of fused-ring (bicyclic) bond motifs is 1. The first-order valence-corrected chi connectivity index (χ1v) is 9.88. The van der Waals surface area contributed by atoms with Crippen molar-refractivity contribution in [2.45, 2.75) is 39.3 Å². The molecule has 0 spiro atoms. The lowest BCUT2D eigenvalue weighted by atomic mass is 10.0. The first-order valence-electron chi connectivity index (χ1n) is 9.88. The molecular formula is C23H26N2O5. The Morgan fingerprint density at radius 1 is 1.03 bits per heavy atom. The number of para-hydroxylation sites is 2. The monoisotopic (exact) mass is 410 g/mol. The molecule has 0 saturated heterocycles. The van der Waals surface area contributed by atoms with E-state index in [1.165, 1.54) is 4.90 Å². The van der Waals surface area contributed by atoms with Crippen LogP contribution in [0.5, 0.6) is 5.75 Å². The molecule has 3 amide bonds. The van der Waals surface area contributed by atoms with Crippen molar-refractivity contribution < 1.29 is 23.9 Å². The molecule has 3 rings (SSSR count). The van der Waals surface area contributed by atoms with Gasteiger partial charge in [0, 0.05) is 0 Å². The minimum atomic E-state index is -0.926. The lowest BCUT2D eigenvalue weighted by Gasteiger charge is -2.34. The zero-order valence-electron chi connectivity index (χ0n) is 17.6. The maximum Gasteiger partial charge on any atom is 0.262 e. The third-order valence-electron chi connectivity index (χ3n) is 4.90. The van der Waals surface area contributed by atoms with Crippen LogP contribution in [0, 0.1) is 0 Å². The van der Waals surface area contributed by atoms with Gasteiger partial charge in [0.25, 0.3) is 17.7 Å². The third kappa shape index (κ3) is 4.21. The third-order valence-corrected chi connectivity index (χ3v) is 4.90. The molecule has 1 heterocycles. The summed E-state index contributed by atoms with van der Waals surface area (Å²) in [6.07, 6.45) is -0.797. The van der Waals surface area contributed by atoms with Crippen LogP contribution in [0.1, 0.15) is 48.4 Å². The van der Waals surface area contributed by atoms with Gasteiger partial charge >= 0.3 is 0 Å². The summed E-state index contributed by atoms with van der Waals surface area (Å²) in [5.41, 5.74) is 0.396. The predicted octanol–water partition coefficient (Wildman–Crippen LogP) is 3.50. The second-order valence-electron chi connectivity index (χ2n) is 7.68. The molecule has 0 fully saturated rings. The van der Waals surface area contributed by atoms with Gasteiger partial charge in [-0.2, -0.15) is 0 Å². The standard InChI is InChI=1S/C23H26N2O5/c1-5-29-19-13-9-8-12-18(19)24-20(26)15(2)30-14-23(3,4)25-21(27)16-10-6-7-11-17(16)22(25)28/h6-13,15H,5,14H2,1-4H3,(H,24,26). The maximum absolute atomic E-state index is 12.7. The topological polar surface area (TPSA) is 84.9 Å². The van der Waals surface area contributed by atoms with Gasteiger partial charge in [0.15, 0.2) is 0 Å². The van der Waals surface area contributed by atoms with E-state index in [0.717, 1.165) is 0 Å². The Labute approximate surface area is 176 Å². The lowest BCUT2D eigenvalue weighted by molar-refractivity contribution is -0.128. The summed E-state index contributed by atoms with van der Waals surface area (Å²) in [5, 5.41) is 2.80. The maximum atomic E-state index is 12.7. The number of rotatable bonds is 8. The molecule has 1 atom stereocenters. The first kappa shape index (κ1) is 21.5. The van der Waals surface area contributed by atoms with E-state index in [4.69, 9.17) is 9.47 Å². The second-order valence-corrected chi connectivity index (χ2v) is 7.68. The van der Waals surface area contributed by atoms with Crippen LogP contribution < -0.4 is 10.1 Å². The number of hydrogen-bond acceptors (Lipinski definition) is 5. The van der Waals surface area contributed by atoms with Crippen molar-refractivity contribution in [2.24, 2.45) is 0 Å². The number of ether oxygens (including phenoxy) is 2. The number of hydrogen-bond donors (Lipinski definition) is 1. The van der Waals surface area contributed by atoms with Crippen molar-refractivity contribution >= 4 is 23.4 Å². The number of nitrogens with zero attached hydrogens (tertiary/aromatic N) is 1. The summed E-state index contributed by atoms with van der Waals surface area (Å²) in [5.74, 6) is -0.480. The Balaban J connectivity index is 1.64. The molecule has 7 heteroatoms. The minimum absolute atomic E-state index is 0.0140.